The maximum absolute atomic E-state index is 6.28. The van der Waals surface area contributed by atoms with Crippen molar-refractivity contribution in [3.63, 3.8) is 0 Å². The van der Waals surface area contributed by atoms with E-state index in [9.17, 15) is 0 Å². The Morgan fingerprint density at radius 1 is 1.14 bits per heavy atom. The van der Waals surface area contributed by atoms with Gasteiger partial charge in [0.05, 0.1) is 13.7 Å². The van der Waals surface area contributed by atoms with E-state index in [2.05, 4.69) is 10.3 Å². The van der Waals surface area contributed by atoms with Crippen molar-refractivity contribution in [2.75, 3.05) is 13.7 Å². The Kier molecular flexibility index (Phi) is 5.84. The van der Waals surface area contributed by atoms with E-state index >= 15 is 0 Å². The van der Waals surface area contributed by atoms with E-state index < -0.39 is 0 Å². The van der Waals surface area contributed by atoms with Crippen molar-refractivity contribution in [2.45, 2.75) is 20.0 Å². The fraction of sp³-hybridized carbons (Fsp3) is 0.312. The van der Waals surface area contributed by atoms with Gasteiger partial charge in [0.1, 0.15) is 0 Å². The van der Waals surface area contributed by atoms with Gasteiger partial charge in [-0.2, -0.15) is 0 Å². The lowest BCUT2D eigenvalue weighted by molar-refractivity contribution is 0.310. The van der Waals surface area contributed by atoms with Crippen molar-refractivity contribution in [1.29, 1.82) is 0 Å². The number of nitrogens with one attached hydrogen (secondary N) is 1. The van der Waals surface area contributed by atoms with Crippen LogP contribution in [-0.4, -0.2) is 18.7 Å². The third kappa shape index (κ3) is 4.34. The van der Waals surface area contributed by atoms with Crippen LogP contribution in [0.3, 0.4) is 0 Å². The highest BCUT2D eigenvalue weighted by Gasteiger charge is 2.10. The molecule has 0 saturated heterocycles. The van der Waals surface area contributed by atoms with E-state index in [1.807, 2.05) is 25.1 Å². The van der Waals surface area contributed by atoms with Crippen LogP contribution in [-0.2, 0) is 13.1 Å². The molecule has 21 heavy (non-hydrogen) atoms. The normalized spacial score (nSPS) is 10.4. The second-order valence-corrected chi connectivity index (χ2v) is 4.89. The molecule has 0 spiro atoms. The molecule has 0 saturated carbocycles. The van der Waals surface area contributed by atoms with Crippen LogP contribution < -0.4 is 14.8 Å². The molecule has 4 nitrogen and oxygen atoms in total. The molecule has 0 aliphatic rings. The Morgan fingerprint density at radius 2 is 1.90 bits per heavy atom. The number of rotatable bonds is 7. The van der Waals surface area contributed by atoms with Crippen molar-refractivity contribution >= 4 is 11.6 Å². The maximum atomic E-state index is 6.28. The van der Waals surface area contributed by atoms with Crippen LogP contribution in [0, 0.1) is 0 Å². The number of aromatic nitrogens is 1. The largest absolute Gasteiger partial charge is 0.493 e. The van der Waals surface area contributed by atoms with Crippen molar-refractivity contribution in [3.8, 4) is 11.5 Å². The Labute approximate surface area is 130 Å². The minimum absolute atomic E-state index is 0.585. The molecular weight excluding hydrogens is 288 g/mol. The predicted molar refractivity (Wildman–Crippen MR) is 84.0 cm³/mol. The highest BCUT2D eigenvalue weighted by Crippen LogP contribution is 2.33. The summed E-state index contributed by atoms with van der Waals surface area (Å²) in [6, 6.07) is 7.67. The van der Waals surface area contributed by atoms with Crippen molar-refractivity contribution in [2.24, 2.45) is 0 Å². The molecule has 1 aromatic carbocycles. The van der Waals surface area contributed by atoms with E-state index in [4.69, 9.17) is 21.1 Å². The lowest BCUT2D eigenvalue weighted by Crippen LogP contribution is -2.13. The van der Waals surface area contributed by atoms with Crippen LogP contribution in [0.15, 0.2) is 36.7 Å². The summed E-state index contributed by atoms with van der Waals surface area (Å²) in [4.78, 5) is 4.00. The van der Waals surface area contributed by atoms with E-state index in [0.29, 0.717) is 29.7 Å². The molecule has 1 N–H and O–H groups in total. The first-order valence-electron chi connectivity index (χ1n) is 6.83. The van der Waals surface area contributed by atoms with Crippen molar-refractivity contribution in [3.05, 3.63) is 52.8 Å². The van der Waals surface area contributed by atoms with E-state index in [1.54, 1.807) is 25.6 Å². The van der Waals surface area contributed by atoms with Gasteiger partial charge in [-0.15, -0.1) is 0 Å². The zero-order valence-corrected chi connectivity index (χ0v) is 13.0. The van der Waals surface area contributed by atoms with Gasteiger partial charge in [0, 0.05) is 36.6 Å². The van der Waals surface area contributed by atoms with Gasteiger partial charge in [-0.3, -0.25) is 4.98 Å². The number of ether oxygens (including phenoxy) is 2. The average molecular weight is 307 g/mol. The Balaban J connectivity index is 2.03. The number of pyridine rings is 1. The van der Waals surface area contributed by atoms with Crippen LogP contribution in [0.2, 0.25) is 5.02 Å². The van der Waals surface area contributed by atoms with E-state index in [1.165, 1.54) is 5.56 Å². The lowest BCUT2D eigenvalue weighted by Gasteiger charge is -2.13. The number of benzene rings is 1. The van der Waals surface area contributed by atoms with E-state index in [-0.39, 0.29) is 0 Å². The summed E-state index contributed by atoms with van der Waals surface area (Å²) >= 11 is 6.28. The fourth-order valence-corrected chi connectivity index (χ4v) is 2.20. The molecule has 0 radical (unpaired) electrons. The number of nitrogens with zero attached hydrogens (tertiary/aromatic N) is 1. The molecule has 2 aromatic rings. The molecule has 0 amide bonds. The van der Waals surface area contributed by atoms with Gasteiger partial charge in [0.25, 0.3) is 0 Å². The molecule has 5 heteroatoms. The van der Waals surface area contributed by atoms with Crippen LogP contribution in [0.25, 0.3) is 0 Å². The van der Waals surface area contributed by atoms with Crippen molar-refractivity contribution < 1.29 is 9.47 Å². The lowest BCUT2D eigenvalue weighted by atomic mass is 10.2. The molecule has 0 atom stereocenters. The monoisotopic (exact) mass is 306 g/mol. The maximum Gasteiger partial charge on any atom is 0.162 e. The molecule has 112 valence electrons. The number of hydrogen-bond acceptors (Lipinski definition) is 4. The first kappa shape index (κ1) is 15.6. The summed E-state index contributed by atoms with van der Waals surface area (Å²) in [6.07, 6.45) is 3.56. The molecule has 0 aliphatic carbocycles. The predicted octanol–water partition coefficient (Wildman–Crippen LogP) is 3.43. The van der Waals surface area contributed by atoms with Crippen molar-refractivity contribution in [1.82, 2.24) is 10.3 Å². The molecule has 2 rings (SSSR count). The first-order valence-corrected chi connectivity index (χ1v) is 7.21. The van der Waals surface area contributed by atoms with Gasteiger partial charge in [-0.1, -0.05) is 11.6 Å². The summed E-state index contributed by atoms with van der Waals surface area (Å²) in [6.45, 7) is 3.94. The van der Waals surface area contributed by atoms with Gasteiger partial charge >= 0.3 is 0 Å². The molecule has 1 aromatic heterocycles. The first-order chi connectivity index (χ1) is 10.2. The summed E-state index contributed by atoms with van der Waals surface area (Å²) in [5.74, 6) is 1.37. The Bertz CT molecular complexity index is 576. The van der Waals surface area contributed by atoms with E-state index in [0.717, 1.165) is 12.1 Å². The standard InChI is InChI=1S/C16H19ClN2O2/c1-3-21-16-8-13(14(17)9-15(16)20-2)11-19-10-12-4-6-18-7-5-12/h4-9,19H,3,10-11H2,1-2H3. The average Bonchev–Trinajstić information content (AvgIpc) is 2.51. The smallest absolute Gasteiger partial charge is 0.162 e. The Hall–Kier alpha value is -1.78. The number of hydrogen-bond donors (Lipinski definition) is 1. The van der Waals surface area contributed by atoms with Crippen LogP contribution in [0.5, 0.6) is 11.5 Å². The molecule has 0 unspecified atom stereocenters. The molecule has 0 aliphatic heterocycles. The van der Waals surface area contributed by atoms with Crippen LogP contribution in [0.4, 0.5) is 0 Å². The molecule has 0 fully saturated rings. The zero-order chi connectivity index (χ0) is 15.1. The second kappa shape index (κ2) is 7.86. The number of methoxy groups -OCH3 is 1. The fourth-order valence-electron chi connectivity index (χ4n) is 1.98. The van der Waals surface area contributed by atoms with Gasteiger partial charge in [-0.25, -0.2) is 0 Å². The van der Waals surface area contributed by atoms with Gasteiger partial charge in [-0.05, 0) is 36.2 Å². The molecule has 1 heterocycles. The summed E-state index contributed by atoms with van der Waals surface area (Å²) in [5.41, 5.74) is 2.16. The van der Waals surface area contributed by atoms with Gasteiger partial charge < -0.3 is 14.8 Å². The summed E-state index contributed by atoms with van der Waals surface area (Å²) in [5, 5.41) is 4.02. The zero-order valence-electron chi connectivity index (χ0n) is 12.2. The summed E-state index contributed by atoms with van der Waals surface area (Å²) < 4.78 is 10.8. The van der Waals surface area contributed by atoms with Gasteiger partial charge in [0.15, 0.2) is 11.5 Å². The van der Waals surface area contributed by atoms with Crippen LogP contribution in [0.1, 0.15) is 18.1 Å². The third-order valence-electron chi connectivity index (χ3n) is 3.03. The SMILES string of the molecule is CCOc1cc(CNCc2ccncc2)c(Cl)cc1OC. The molecule has 0 bridgehead atoms. The van der Waals surface area contributed by atoms with Gasteiger partial charge in [0.2, 0.25) is 0 Å². The Morgan fingerprint density at radius 3 is 2.57 bits per heavy atom. The minimum Gasteiger partial charge on any atom is -0.493 e. The highest BCUT2D eigenvalue weighted by molar-refractivity contribution is 6.31. The summed E-state index contributed by atoms with van der Waals surface area (Å²) in [7, 11) is 1.61. The second-order valence-electron chi connectivity index (χ2n) is 4.49. The minimum atomic E-state index is 0.585. The topological polar surface area (TPSA) is 43.4 Å². The third-order valence-corrected chi connectivity index (χ3v) is 3.38. The highest BCUT2D eigenvalue weighted by atomic mass is 35.5. The van der Waals surface area contributed by atoms with Crippen LogP contribution >= 0.6 is 11.6 Å². The molecular formula is C16H19ClN2O2. The number of halogens is 1. The quantitative estimate of drug-likeness (QED) is 0.851.